The van der Waals surface area contributed by atoms with Crippen LogP contribution in [-0.4, -0.2) is 11.6 Å². The molecule has 19 heavy (non-hydrogen) atoms. The molecule has 1 aromatic carbocycles. The number of carbonyl (C=O) groups is 1. The molecule has 0 aliphatic carbocycles. The summed E-state index contributed by atoms with van der Waals surface area (Å²) in [6.07, 6.45) is 2.69. The van der Waals surface area contributed by atoms with E-state index in [1.807, 2.05) is 32.9 Å². The maximum atomic E-state index is 12.2. The summed E-state index contributed by atoms with van der Waals surface area (Å²) >= 11 is 0. The zero-order valence-electron chi connectivity index (χ0n) is 12.6. The molecule has 0 radical (unpaired) electrons. The average Bonchev–Trinajstić information content (AvgIpc) is 2.36. The van der Waals surface area contributed by atoms with Gasteiger partial charge in [-0.1, -0.05) is 26.5 Å². The second-order valence-electron chi connectivity index (χ2n) is 5.64. The molecule has 1 aromatic rings. The van der Waals surface area contributed by atoms with Gasteiger partial charge in [-0.2, -0.15) is 0 Å². The van der Waals surface area contributed by atoms with Crippen LogP contribution in [0.3, 0.4) is 0 Å². The first kappa shape index (κ1) is 15.5. The Labute approximate surface area is 116 Å². The van der Waals surface area contributed by atoms with Gasteiger partial charge in [-0.25, -0.2) is 4.79 Å². The SMILES string of the molecule is C=CC(C)(C)OC(=O)c1cc(C)cc(C(C)CC)c1. The molecule has 1 rings (SSSR count). The van der Waals surface area contributed by atoms with Crippen LogP contribution in [0.25, 0.3) is 0 Å². The van der Waals surface area contributed by atoms with Gasteiger partial charge in [0.05, 0.1) is 5.56 Å². The van der Waals surface area contributed by atoms with Gasteiger partial charge in [0, 0.05) is 0 Å². The van der Waals surface area contributed by atoms with E-state index in [9.17, 15) is 4.79 Å². The lowest BCUT2D eigenvalue weighted by molar-refractivity contribution is 0.0174. The molecule has 0 fully saturated rings. The standard InChI is InChI=1S/C17H24O2/c1-7-13(4)14-9-12(3)10-15(11-14)16(18)19-17(5,6)8-2/h8-11,13H,2,7H2,1,3-6H3. The van der Waals surface area contributed by atoms with Crippen molar-refractivity contribution in [3.05, 3.63) is 47.5 Å². The largest absolute Gasteiger partial charge is 0.452 e. The molecular weight excluding hydrogens is 236 g/mol. The molecule has 0 aromatic heterocycles. The molecule has 0 aliphatic rings. The van der Waals surface area contributed by atoms with Crippen molar-refractivity contribution in [2.75, 3.05) is 0 Å². The number of hydrogen-bond donors (Lipinski definition) is 0. The highest BCUT2D eigenvalue weighted by Crippen LogP contribution is 2.23. The van der Waals surface area contributed by atoms with E-state index < -0.39 is 5.60 Å². The van der Waals surface area contributed by atoms with E-state index in [1.54, 1.807) is 6.08 Å². The monoisotopic (exact) mass is 260 g/mol. The molecule has 0 spiro atoms. The van der Waals surface area contributed by atoms with Crippen LogP contribution in [0.1, 0.15) is 61.5 Å². The van der Waals surface area contributed by atoms with Crippen molar-refractivity contribution in [2.45, 2.75) is 52.6 Å². The van der Waals surface area contributed by atoms with Crippen LogP contribution in [0.5, 0.6) is 0 Å². The topological polar surface area (TPSA) is 26.3 Å². The van der Waals surface area contributed by atoms with Crippen molar-refractivity contribution in [3.8, 4) is 0 Å². The molecule has 2 heteroatoms. The second-order valence-corrected chi connectivity index (χ2v) is 5.64. The highest BCUT2D eigenvalue weighted by Gasteiger charge is 2.20. The van der Waals surface area contributed by atoms with Crippen molar-refractivity contribution in [3.63, 3.8) is 0 Å². The fourth-order valence-corrected chi connectivity index (χ4v) is 1.79. The zero-order valence-corrected chi connectivity index (χ0v) is 12.6. The summed E-state index contributed by atoms with van der Waals surface area (Å²) in [7, 11) is 0. The number of aryl methyl sites for hydroxylation is 1. The molecule has 0 saturated heterocycles. The van der Waals surface area contributed by atoms with Gasteiger partial charge in [-0.3, -0.25) is 0 Å². The van der Waals surface area contributed by atoms with Crippen molar-refractivity contribution < 1.29 is 9.53 Å². The Morgan fingerprint density at radius 1 is 1.42 bits per heavy atom. The quantitative estimate of drug-likeness (QED) is 0.570. The molecule has 0 N–H and O–H groups in total. The van der Waals surface area contributed by atoms with Crippen molar-refractivity contribution in [2.24, 2.45) is 0 Å². The van der Waals surface area contributed by atoms with Gasteiger partial charge in [0.2, 0.25) is 0 Å². The summed E-state index contributed by atoms with van der Waals surface area (Å²) in [4.78, 5) is 12.2. The molecule has 1 atom stereocenters. The fraction of sp³-hybridized carbons (Fsp3) is 0.471. The number of carbonyl (C=O) groups excluding carboxylic acids is 1. The fourth-order valence-electron chi connectivity index (χ4n) is 1.79. The number of ether oxygens (including phenoxy) is 1. The van der Waals surface area contributed by atoms with E-state index in [0.717, 1.165) is 12.0 Å². The maximum absolute atomic E-state index is 12.2. The summed E-state index contributed by atoms with van der Waals surface area (Å²) in [5.41, 5.74) is 2.24. The third kappa shape index (κ3) is 4.23. The molecule has 0 amide bonds. The predicted molar refractivity (Wildman–Crippen MR) is 79.6 cm³/mol. The summed E-state index contributed by atoms with van der Waals surface area (Å²) in [6, 6.07) is 5.93. The van der Waals surface area contributed by atoms with E-state index in [4.69, 9.17) is 4.74 Å². The number of benzene rings is 1. The summed E-state index contributed by atoms with van der Waals surface area (Å²) in [5, 5.41) is 0. The Morgan fingerprint density at radius 3 is 2.58 bits per heavy atom. The van der Waals surface area contributed by atoms with Crippen LogP contribution in [0.4, 0.5) is 0 Å². The first-order chi connectivity index (χ1) is 8.79. The molecule has 0 bridgehead atoms. The highest BCUT2D eigenvalue weighted by atomic mass is 16.6. The van der Waals surface area contributed by atoms with Gasteiger partial charge in [0.15, 0.2) is 0 Å². The summed E-state index contributed by atoms with van der Waals surface area (Å²) < 4.78 is 5.44. The van der Waals surface area contributed by atoms with E-state index in [1.165, 1.54) is 5.56 Å². The van der Waals surface area contributed by atoms with Crippen molar-refractivity contribution >= 4 is 5.97 Å². The molecular formula is C17H24O2. The normalized spacial score (nSPS) is 12.9. The van der Waals surface area contributed by atoms with Crippen LogP contribution in [0.2, 0.25) is 0 Å². The van der Waals surface area contributed by atoms with Crippen LogP contribution in [0, 0.1) is 6.92 Å². The molecule has 2 nitrogen and oxygen atoms in total. The maximum Gasteiger partial charge on any atom is 0.338 e. The number of rotatable bonds is 5. The van der Waals surface area contributed by atoms with Crippen LogP contribution in [-0.2, 0) is 4.74 Å². The minimum atomic E-state index is -0.642. The lowest BCUT2D eigenvalue weighted by Gasteiger charge is -2.21. The van der Waals surface area contributed by atoms with Crippen molar-refractivity contribution in [1.82, 2.24) is 0 Å². The molecule has 1 unspecified atom stereocenters. The van der Waals surface area contributed by atoms with Gasteiger partial charge in [-0.15, -0.1) is 0 Å². The summed E-state index contributed by atoms with van der Waals surface area (Å²) in [6.45, 7) is 13.6. The van der Waals surface area contributed by atoms with E-state index >= 15 is 0 Å². The minimum absolute atomic E-state index is 0.293. The first-order valence-corrected chi connectivity index (χ1v) is 6.77. The third-order valence-electron chi connectivity index (χ3n) is 3.36. The highest BCUT2D eigenvalue weighted by molar-refractivity contribution is 5.90. The number of hydrogen-bond acceptors (Lipinski definition) is 2. The zero-order chi connectivity index (χ0) is 14.6. The van der Waals surface area contributed by atoms with Gasteiger partial charge in [0.25, 0.3) is 0 Å². The van der Waals surface area contributed by atoms with Gasteiger partial charge >= 0.3 is 5.97 Å². The predicted octanol–water partition coefficient (Wildman–Crippen LogP) is 4.63. The van der Waals surface area contributed by atoms with E-state index in [0.29, 0.717) is 11.5 Å². The lowest BCUT2D eigenvalue weighted by atomic mass is 9.95. The third-order valence-corrected chi connectivity index (χ3v) is 3.36. The molecule has 0 aliphatic heterocycles. The van der Waals surface area contributed by atoms with Crippen LogP contribution < -0.4 is 0 Å². The smallest absolute Gasteiger partial charge is 0.338 e. The Balaban J connectivity index is 3.04. The Morgan fingerprint density at radius 2 is 2.05 bits per heavy atom. The van der Waals surface area contributed by atoms with Crippen LogP contribution >= 0.6 is 0 Å². The molecule has 0 saturated carbocycles. The number of esters is 1. The van der Waals surface area contributed by atoms with E-state index in [2.05, 4.69) is 26.5 Å². The minimum Gasteiger partial charge on any atom is -0.452 e. The van der Waals surface area contributed by atoms with Gasteiger partial charge in [-0.05, 0) is 62.4 Å². The Kier molecular flexibility index (Phi) is 4.93. The summed E-state index contributed by atoms with van der Waals surface area (Å²) in [5.74, 6) is 0.150. The second kappa shape index (κ2) is 6.05. The Hall–Kier alpha value is -1.57. The lowest BCUT2D eigenvalue weighted by Crippen LogP contribution is -2.25. The van der Waals surface area contributed by atoms with Crippen molar-refractivity contribution in [1.29, 1.82) is 0 Å². The van der Waals surface area contributed by atoms with Crippen LogP contribution in [0.15, 0.2) is 30.9 Å². The average molecular weight is 260 g/mol. The molecule has 104 valence electrons. The first-order valence-electron chi connectivity index (χ1n) is 6.77. The van der Waals surface area contributed by atoms with E-state index in [-0.39, 0.29) is 5.97 Å². The van der Waals surface area contributed by atoms with Gasteiger partial charge in [0.1, 0.15) is 5.60 Å². The molecule has 0 heterocycles. The Bertz CT molecular complexity index is 472. The van der Waals surface area contributed by atoms with Gasteiger partial charge < -0.3 is 4.74 Å².